The lowest BCUT2D eigenvalue weighted by Crippen LogP contribution is -2.36. The van der Waals surface area contributed by atoms with Crippen molar-refractivity contribution in [1.29, 1.82) is 0 Å². The zero-order valence-corrected chi connectivity index (χ0v) is 13.1. The van der Waals surface area contributed by atoms with Crippen molar-refractivity contribution in [1.82, 2.24) is 10.2 Å². The van der Waals surface area contributed by atoms with E-state index in [2.05, 4.69) is 29.3 Å². The molecule has 3 nitrogen and oxygen atoms in total. The van der Waals surface area contributed by atoms with Crippen molar-refractivity contribution in [2.75, 3.05) is 13.2 Å². The van der Waals surface area contributed by atoms with Gasteiger partial charge in [-0.2, -0.15) is 0 Å². The molecule has 1 aliphatic rings. The summed E-state index contributed by atoms with van der Waals surface area (Å²) in [7, 11) is 0. The smallest absolute Gasteiger partial charge is 0.0985 e. The van der Waals surface area contributed by atoms with Crippen molar-refractivity contribution in [2.24, 2.45) is 0 Å². The monoisotopic (exact) mass is 280 g/mol. The molecule has 116 valence electrons. The van der Waals surface area contributed by atoms with E-state index >= 15 is 0 Å². The Bertz CT molecular complexity index is 276. The second-order valence-corrected chi connectivity index (χ2v) is 5.56. The lowest BCUT2D eigenvalue weighted by molar-refractivity contribution is 0.196. The Morgan fingerprint density at radius 2 is 1.85 bits per heavy atom. The molecule has 1 rings (SSSR count). The van der Waals surface area contributed by atoms with E-state index in [1.54, 1.807) is 0 Å². The van der Waals surface area contributed by atoms with Gasteiger partial charge in [0, 0.05) is 18.9 Å². The molecule has 2 N–H and O–H groups in total. The molecule has 0 saturated carbocycles. The lowest BCUT2D eigenvalue weighted by Gasteiger charge is -2.24. The first kappa shape index (κ1) is 17.1. The first-order valence-electron chi connectivity index (χ1n) is 8.32. The quantitative estimate of drug-likeness (QED) is 0.422. The molecule has 0 aromatic carbocycles. The van der Waals surface area contributed by atoms with Crippen LogP contribution in [0.25, 0.3) is 0 Å². The molecule has 0 aliphatic carbocycles. The fourth-order valence-electron chi connectivity index (χ4n) is 2.58. The van der Waals surface area contributed by atoms with Gasteiger partial charge in [-0.1, -0.05) is 51.2 Å². The second kappa shape index (κ2) is 11.8. The Hall–Kier alpha value is -0.960. The average Bonchev–Trinajstić information content (AvgIpc) is 2.89. The SMILES string of the molecule is CCCCCCCC/C=C/CCC1NC=CN1CCO. The number of rotatable bonds is 12. The van der Waals surface area contributed by atoms with Gasteiger partial charge in [-0.15, -0.1) is 0 Å². The van der Waals surface area contributed by atoms with Crippen LogP contribution in [0.2, 0.25) is 0 Å². The summed E-state index contributed by atoms with van der Waals surface area (Å²) in [6.45, 7) is 3.20. The number of hydrogen-bond donors (Lipinski definition) is 2. The van der Waals surface area contributed by atoms with Crippen molar-refractivity contribution >= 4 is 0 Å². The van der Waals surface area contributed by atoms with Gasteiger partial charge in [0.2, 0.25) is 0 Å². The number of nitrogens with one attached hydrogen (secondary N) is 1. The molecule has 20 heavy (non-hydrogen) atoms. The Kier molecular flexibility index (Phi) is 10.1. The predicted octanol–water partition coefficient (Wildman–Crippen LogP) is 3.77. The van der Waals surface area contributed by atoms with Gasteiger partial charge in [-0.05, 0) is 25.7 Å². The van der Waals surface area contributed by atoms with E-state index in [1.807, 2.05) is 12.4 Å². The molecule has 1 atom stereocenters. The highest BCUT2D eigenvalue weighted by Crippen LogP contribution is 2.11. The van der Waals surface area contributed by atoms with Crippen molar-refractivity contribution in [2.45, 2.75) is 70.9 Å². The van der Waals surface area contributed by atoms with E-state index in [0.717, 1.165) is 19.4 Å². The molecule has 3 heteroatoms. The molecule has 0 aromatic heterocycles. The van der Waals surface area contributed by atoms with Crippen molar-refractivity contribution < 1.29 is 5.11 Å². The van der Waals surface area contributed by atoms with Crippen LogP contribution < -0.4 is 5.32 Å². The molecule has 0 aromatic rings. The third-order valence-electron chi connectivity index (χ3n) is 3.81. The van der Waals surface area contributed by atoms with Crippen molar-refractivity contribution in [3.63, 3.8) is 0 Å². The highest BCUT2D eigenvalue weighted by atomic mass is 16.3. The molecule has 0 radical (unpaired) electrons. The molecule has 0 saturated heterocycles. The molecule has 1 aliphatic heterocycles. The van der Waals surface area contributed by atoms with Crippen LogP contribution in [-0.4, -0.2) is 29.3 Å². The first-order valence-corrected chi connectivity index (χ1v) is 8.32. The van der Waals surface area contributed by atoms with E-state index in [4.69, 9.17) is 5.11 Å². The van der Waals surface area contributed by atoms with E-state index in [0.29, 0.717) is 6.17 Å². The normalized spacial score (nSPS) is 18.1. The Morgan fingerprint density at radius 1 is 1.10 bits per heavy atom. The summed E-state index contributed by atoms with van der Waals surface area (Å²) in [5.41, 5.74) is 0. The van der Waals surface area contributed by atoms with Gasteiger partial charge >= 0.3 is 0 Å². The van der Waals surface area contributed by atoms with Crippen LogP contribution in [-0.2, 0) is 0 Å². The van der Waals surface area contributed by atoms with Crippen LogP contribution in [0.5, 0.6) is 0 Å². The third kappa shape index (κ3) is 7.59. The summed E-state index contributed by atoms with van der Waals surface area (Å²) in [5, 5.41) is 12.3. The van der Waals surface area contributed by atoms with E-state index < -0.39 is 0 Å². The average molecular weight is 280 g/mol. The Labute approximate surface area is 124 Å². The van der Waals surface area contributed by atoms with Gasteiger partial charge < -0.3 is 15.3 Å². The summed E-state index contributed by atoms with van der Waals surface area (Å²) in [6, 6.07) is 0. The Morgan fingerprint density at radius 3 is 2.65 bits per heavy atom. The zero-order chi connectivity index (χ0) is 14.5. The number of allylic oxidation sites excluding steroid dienone is 2. The van der Waals surface area contributed by atoms with Crippen LogP contribution in [0.1, 0.15) is 64.7 Å². The third-order valence-corrected chi connectivity index (χ3v) is 3.81. The highest BCUT2D eigenvalue weighted by molar-refractivity contribution is 4.95. The highest BCUT2D eigenvalue weighted by Gasteiger charge is 2.16. The topological polar surface area (TPSA) is 35.5 Å². The minimum Gasteiger partial charge on any atom is -0.395 e. The molecule has 1 heterocycles. The molecule has 0 bridgehead atoms. The molecule has 0 amide bonds. The molecule has 0 spiro atoms. The van der Waals surface area contributed by atoms with Crippen LogP contribution in [0.3, 0.4) is 0 Å². The van der Waals surface area contributed by atoms with Gasteiger partial charge in [-0.25, -0.2) is 0 Å². The number of hydrogen-bond acceptors (Lipinski definition) is 3. The van der Waals surface area contributed by atoms with Gasteiger partial charge in [0.05, 0.1) is 12.8 Å². The maximum Gasteiger partial charge on any atom is 0.0985 e. The molecule has 1 unspecified atom stereocenters. The van der Waals surface area contributed by atoms with Crippen molar-refractivity contribution in [3.8, 4) is 0 Å². The van der Waals surface area contributed by atoms with Crippen LogP contribution in [0, 0.1) is 0 Å². The van der Waals surface area contributed by atoms with Crippen LogP contribution in [0.15, 0.2) is 24.6 Å². The van der Waals surface area contributed by atoms with E-state index in [-0.39, 0.29) is 6.61 Å². The fraction of sp³-hybridized carbons (Fsp3) is 0.765. The summed E-state index contributed by atoms with van der Waals surface area (Å²) in [6.07, 6.45) is 20.7. The Balaban J connectivity index is 1.94. The molecular weight excluding hydrogens is 248 g/mol. The summed E-state index contributed by atoms with van der Waals surface area (Å²) in [4.78, 5) is 2.17. The van der Waals surface area contributed by atoms with Crippen LogP contribution in [0.4, 0.5) is 0 Å². The molecule has 0 fully saturated rings. The maximum atomic E-state index is 8.97. The standard InChI is InChI=1S/C17H32N2O/c1-2-3-4-5-6-7-8-9-10-11-12-17-18-13-14-19(17)15-16-20/h9-10,13-14,17-18,20H,2-8,11-12,15-16H2,1H3/b10-9+. The second-order valence-electron chi connectivity index (χ2n) is 5.56. The maximum absolute atomic E-state index is 8.97. The number of aliphatic hydroxyl groups is 1. The minimum atomic E-state index is 0.219. The minimum absolute atomic E-state index is 0.219. The van der Waals surface area contributed by atoms with Gasteiger partial charge in [0.15, 0.2) is 0 Å². The van der Waals surface area contributed by atoms with Crippen LogP contribution >= 0.6 is 0 Å². The van der Waals surface area contributed by atoms with Gasteiger partial charge in [0.1, 0.15) is 0 Å². The number of nitrogens with zero attached hydrogens (tertiary/aromatic N) is 1. The summed E-state index contributed by atoms with van der Waals surface area (Å²) >= 11 is 0. The largest absolute Gasteiger partial charge is 0.395 e. The van der Waals surface area contributed by atoms with Gasteiger partial charge in [0.25, 0.3) is 0 Å². The number of aliphatic hydroxyl groups excluding tert-OH is 1. The number of β-amino-alcohol motifs (C(OH)–C–C–N with tert-alkyl or cyclic N) is 1. The summed E-state index contributed by atoms with van der Waals surface area (Å²) < 4.78 is 0. The molecular formula is C17H32N2O. The fourth-order valence-corrected chi connectivity index (χ4v) is 2.58. The first-order chi connectivity index (χ1) is 9.88. The summed E-state index contributed by atoms with van der Waals surface area (Å²) in [5.74, 6) is 0. The zero-order valence-electron chi connectivity index (χ0n) is 13.1. The van der Waals surface area contributed by atoms with E-state index in [9.17, 15) is 0 Å². The number of unbranched alkanes of at least 4 members (excludes halogenated alkanes) is 6. The van der Waals surface area contributed by atoms with Gasteiger partial charge in [-0.3, -0.25) is 0 Å². The van der Waals surface area contributed by atoms with E-state index in [1.165, 1.54) is 44.9 Å². The predicted molar refractivity (Wildman–Crippen MR) is 86.2 cm³/mol. The van der Waals surface area contributed by atoms with Crippen molar-refractivity contribution in [3.05, 3.63) is 24.6 Å². The lowest BCUT2D eigenvalue weighted by atomic mass is 10.1.